The normalized spacial score (nSPS) is 28.5. The van der Waals surface area contributed by atoms with E-state index < -0.39 is 0 Å². The van der Waals surface area contributed by atoms with Gasteiger partial charge in [-0.25, -0.2) is 0 Å². The molecule has 0 aromatic carbocycles. The largest absolute Gasteiger partial charge is 0.396 e. The summed E-state index contributed by atoms with van der Waals surface area (Å²) >= 11 is 0. The molecule has 0 amide bonds. The van der Waals surface area contributed by atoms with Crippen LogP contribution < -0.4 is 5.73 Å². The molecule has 0 spiro atoms. The number of hydrogen-bond donors (Lipinski definition) is 2. The van der Waals surface area contributed by atoms with Crippen molar-refractivity contribution in [2.45, 2.75) is 31.9 Å². The van der Waals surface area contributed by atoms with Gasteiger partial charge in [-0.05, 0) is 19.8 Å². The van der Waals surface area contributed by atoms with Crippen molar-refractivity contribution in [3.63, 3.8) is 0 Å². The van der Waals surface area contributed by atoms with Gasteiger partial charge in [-0.15, -0.1) is 0 Å². The van der Waals surface area contributed by atoms with Crippen LogP contribution in [0.5, 0.6) is 0 Å². The summed E-state index contributed by atoms with van der Waals surface area (Å²) in [4.78, 5) is 0. The van der Waals surface area contributed by atoms with Crippen LogP contribution in [-0.4, -0.2) is 21.0 Å². The van der Waals surface area contributed by atoms with E-state index in [-0.39, 0.29) is 6.10 Å². The summed E-state index contributed by atoms with van der Waals surface area (Å²) in [5, 5.41) is 13.3. The molecule has 1 fully saturated rings. The van der Waals surface area contributed by atoms with Gasteiger partial charge in [-0.2, -0.15) is 5.10 Å². The Labute approximate surface area is 71.0 Å². The van der Waals surface area contributed by atoms with Crippen LogP contribution in [0.15, 0.2) is 6.20 Å². The van der Waals surface area contributed by atoms with Crippen LogP contribution in [0.2, 0.25) is 0 Å². The number of nitrogen functional groups attached to an aromatic ring is 1. The molecular formula is C8H13N3O. The molecule has 12 heavy (non-hydrogen) atoms. The maximum atomic E-state index is 9.10. The van der Waals surface area contributed by atoms with Crippen LogP contribution in [0.25, 0.3) is 0 Å². The smallest absolute Gasteiger partial charge is 0.0730 e. The van der Waals surface area contributed by atoms with E-state index in [9.17, 15) is 0 Å². The number of anilines is 1. The number of aliphatic hydroxyl groups excluding tert-OH is 1. The molecule has 0 atom stereocenters. The summed E-state index contributed by atoms with van der Waals surface area (Å²) in [6.45, 7) is 1.95. The van der Waals surface area contributed by atoms with Crippen molar-refractivity contribution in [2.75, 3.05) is 5.73 Å². The molecule has 0 unspecified atom stereocenters. The lowest BCUT2D eigenvalue weighted by atomic mass is 9.89. The van der Waals surface area contributed by atoms with Gasteiger partial charge >= 0.3 is 0 Å². The Balaban J connectivity index is 2.18. The second kappa shape index (κ2) is 2.48. The molecule has 3 N–H and O–H groups in total. The lowest BCUT2D eigenvalue weighted by Gasteiger charge is -2.32. The van der Waals surface area contributed by atoms with Crippen LogP contribution in [0.1, 0.15) is 24.6 Å². The fraction of sp³-hybridized carbons (Fsp3) is 0.625. The maximum absolute atomic E-state index is 9.10. The molecule has 1 heterocycles. The van der Waals surface area contributed by atoms with Crippen molar-refractivity contribution in [3.8, 4) is 0 Å². The fourth-order valence-corrected chi connectivity index (χ4v) is 1.56. The van der Waals surface area contributed by atoms with E-state index >= 15 is 0 Å². The minimum atomic E-state index is -0.139. The van der Waals surface area contributed by atoms with E-state index in [2.05, 4.69) is 5.10 Å². The van der Waals surface area contributed by atoms with Gasteiger partial charge in [0.2, 0.25) is 0 Å². The molecule has 66 valence electrons. The fourth-order valence-electron chi connectivity index (χ4n) is 1.56. The first-order valence-corrected chi connectivity index (χ1v) is 4.16. The summed E-state index contributed by atoms with van der Waals surface area (Å²) < 4.78 is 1.90. The van der Waals surface area contributed by atoms with Crippen molar-refractivity contribution in [1.82, 2.24) is 9.78 Å². The van der Waals surface area contributed by atoms with E-state index in [1.807, 2.05) is 11.6 Å². The van der Waals surface area contributed by atoms with Gasteiger partial charge in [0.05, 0.1) is 29.7 Å². The van der Waals surface area contributed by atoms with E-state index in [1.54, 1.807) is 6.20 Å². The Morgan fingerprint density at radius 2 is 2.33 bits per heavy atom. The minimum Gasteiger partial charge on any atom is -0.396 e. The average Bonchev–Trinajstić information content (AvgIpc) is 2.28. The predicted molar refractivity (Wildman–Crippen MR) is 45.7 cm³/mol. The van der Waals surface area contributed by atoms with Gasteiger partial charge in [0, 0.05) is 0 Å². The van der Waals surface area contributed by atoms with Crippen LogP contribution in [0.4, 0.5) is 5.69 Å². The average molecular weight is 167 g/mol. The standard InChI is InChI=1S/C8H13N3O/c1-5-8(9)4-10-11(5)6-2-7(12)3-6/h4,6-7,12H,2-3,9H2,1H3. The molecular weight excluding hydrogens is 154 g/mol. The summed E-state index contributed by atoms with van der Waals surface area (Å²) in [6.07, 6.45) is 3.14. The van der Waals surface area contributed by atoms with Crippen molar-refractivity contribution in [2.24, 2.45) is 0 Å². The molecule has 4 heteroatoms. The van der Waals surface area contributed by atoms with E-state index in [0.29, 0.717) is 6.04 Å². The quantitative estimate of drug-likeness (QED) is 0.639. The third-order valence-corrected chi connectivity index (χ3v) is 2.52. The second-order valence-electron chi connectivity index (χ2n) is 3.41. The Morgan fingerprint density at radius 1 is 1.67 bits per heavy atom. The first kappa shape index (κ1) is 7.61. The number of hydrogen-bond acceptors (Lipinski definition) is 3. The molecule has 1 aliphatic rings. The minimum absolute atomic E-state index is 0.139. The Hall–Kier alpha value is -1.03. The highest BCUT2D eigenvalue weighted by Gasteiger charge is 2.30. The van der Waals surface area contributed by atoms with Gasteiger partial charge in [-0.1, -0.05) is 0 Å². The van der Waals surface area contributed by atoms with Crippen LogP contribution in [0, 0.1) is 6.92 Å². The van der Waals surface area contributed by atoms with Gasteiger partial charge in [0.15, 0.2) is 0 Å². The van der Waals surface area contributed by atoms with Crippen molar-refractivity contribution >= 4 is 5.69 Å². The highest BCUT2D eigenvalue weighted by atomic mass is 16.3. The first-order valence-electron chi connectivity index (χ1n) is 4.16. The maximum Gasteiger partial charge on any atom is 0.0730 e. The van der Waals surface area contributed by atoms with Crippen LogP contribution in [0.3, 0.4) is 0 Å². The number of rotatable bonds is 1. The molecule has 4 nitrogen and oxygen atoms in total. The molecule has 0 bridgehead atoms. The van der Waals surface area contributed by atoms with E-state index in [0.717, 1.165) is 24.2 Å². The third kappa shape index (κ3) is 0.992. The lowest BCUT2D eigenvalue weighted by molar-refractivity contribution is 0.0426. The molecule has 1 aromatic rings. The SMILES string of the molecule is Cc1c(N)cnn1C1CC(O)C1. The molecule has 1 aromatic heterocycles. The van der Waals surface area contributed by atoms with Crippen LogP contribution in [-0.2, 0) is 0 Å². The zero-order valence-corrected chi connectivity index (χ0v) is 7.07. The second-order valence-corrected chi connectivity index (χ2v) is 3.41. The zero-order chi connectivity index (χ0) is 8.72. The highest BCUT2D eigenvalue weighted by molar-refractivity contribution is 5.40. The number of aliphatic hydroxyl groups is 1. The molecule has 1 saturated carbocycles. The molecule has 1 aliphatic carbocycles. The van der Waals surface area contributed by atoms with Crippen molar-refractivity contribution in [3.05, 3.63) is 11.9 Å². The molecule has 0 radical (unpaired) electrons. The summed E-state index contributed by atoms with van der Waals surface area (Å²) in [5.74, 6) is 0. The summed E-state index contributed by atoms with van der Waals surface area (Å²) in [5.41, 5.74) is 7.39. The highest BCUT2D eigenvalue weighted by Crippen LogP contribution is 2.33. The summed E-state index contributed by atoms with van der Waals surface area (Å²) in [6, 6.07) is 0.359. The number of nitrogens with zero attached hydrogens (tertiary/aromatic N) is 2. The van der Waals surface area contributed by atoms with Gasteiger partial charge in [0.1, 0.15) is 0 Å². The first-order chi connectivity index (χ1) is 5.68. The number of aromatic nitrogens is 2. The van der Waals surface area contributed by atoms with Crippen molar-refractivity contribution in [1.29, 1.82) is 0 Å². The van der Waals surface area contributed by atoms with Gasteiger partial charge in [0.25, 0.3) is 0 Å². The van der Waals surface area contributed by atoms with Crippen LogP contribution >= 0.6 is 0 Å². The molecule has 0 saturated heterocycles. The Bertz CT molecular complexity index is 288. The topological polar surface area (TPSA) is 64.1 Å². The van der Waals surface area contributed by atoms with Gasteiger partial charge < -0.3 is 10.8 Å². The molecule has 0 aliphatic heterocycles. The van der Waals surface area contributed by atoms with Crippen molar-refractivity contribution < 1.29 is 5.11 Å². The summed E-state index contributed by atoms with van der Waals surface area (Å²) in [7, 11) is 0. The Kier molecular flexibility index (Phi) is 1.58. The third-order valence-electron chi connectivity index (χ3n) is 2.52. The lowest BCUT2D eigenvalue weighted by Crippen LogP contribution is -2.31. The monoisotopic (exact) mass is 167 g/mol. The van der Waals surface area contributed by atoms with E-state index in [4.69, 9.17) is 10.8 Å². The number of nitrogens with two attached hydrogens (primary N) is 1. The predicted octanol–water partition coefficient (Wildman–Crippen LogP) is 0.470. The van der Waals surface area contributed by atoms with Gasteiger partial charge in [-0.3, -0.25) is 4.68 Å². The Morgan fingerprint density at radius 3 is 2.75 bits per heavy atom. The van der Waals surface area contributed by atoms with E-state index in [1.165, 1.54) is 0 Å². The molecule has 2 rings (SSSR count). The zero-order valence-electron chi connectivity index (χ0n) is 7.07.